The van der Waals surface area contributed by atoms with Crippen molar-refractivity contribution in [2.75, 3.05) is 6.54 Å². The van der Waals surface area contributed by atoms with Gasteiger partial charge in [0.25, 0.3) is 0 Å². The Labute approximate surface area is 75.0 Å². The van der Waals surface area contributed by atoms with E-state index in [1.165, 1.54) is 0 Å². The van der Waals surface area contributed by atoms with E-state index >= 15 is 0 Å². The Balaban J connectivity index is 4.28. The molecular weight excluding hydrogens is 150 g/mol. The fourth-order valence-corrected chi connectivity index (χ4v) is 1.02. The number of carbonyl (C=O) groups excluding carboxylic acids is 1. The zero-order valence-corrected chi connectivity index (χ0v) is 8.69. The molecule has 70 valence electrons. The average molecular weight is 169 g/mol. The Morgan fingerprint density at radius 3 is 2.25 bits per heavy atom. The van der Waals surface area contributed by atoms with E-state index in [0.717, 1.165) is 5.57 Å². The molecule has 2 nitrogen and oxygen atoms in total. The molecule has 0 atom stereocenters. The van der Waals surface area contributed by atoms with Crippen molar-refractivity contribution in [1.29, 1.82) is 0 Å². The van der Waals surface area contributed by atoms with Crippen LogP contribution in [-0.2, 0) is 4.79 Å². The molecule has 0 aliphatic rings. The summed E-state index contributed by atoms with van der Waals surface area (Å²) in [7, 11) is 0. The van der Waals surface area contributed by atoms with Crippen LogP contribution in [0, 0.1) is 5.41 Å². The van der Waals surface area contributed by atoms with Crippen molar-refractivity contribution >= 4 is 5.91 Å². The summed E-state index contributed by atoms with van der Waals surface area (Å²) in [4.78, 5) is 11.2. The molecule has 0 fully saturated rings. The van der Waals surface area contributed by atoms with Gasteiger partial charge in [0.05, 0.1) is 0 Å². The normalized spacial score (nSPS) is 12.9. The molecule has 0 aliphatic heterocycles. The molecule has 2 heteroatoms. The fourth-order valence-electron chi connectivity index (χ4n) is 1.02. The first kappa shape index (κ1) is 11.2. The third-order valence-corrected chi connectivity index (χ3v) is 1.35. The molecule has 12 heavy (non-hydrogen) atoms. The first-order valence-corrected chi connectivity index (χ1v) is 4.34. The van der Waals surface area contributed by atoms with E-state index in [0.29, 0.717) is 6.54 Å². The fraction of sp³-hybridized carbons (Fsp3) is 0.700. The molecule has 0 aliphatic carbocycles. The van der Waals surface area contributed by atoms with Crippen molar-refractivity contribution < 1.29 is 4.79 Å². The lowest BCUT2D eigenvalue weighted by molar-refractivity contribution is -0.117. The Kier molecular flexibility index (Phi) is 4.01. The summed E-state index contributed by atoms with van der Waals surface area (Å²) in [6, 6.07) is 0. The maximum atomic E-state index is 11.2. The van der Waals surface area contributed by atoms with E-state index in [4.69, 9.17) is 0 Å². The predicted octanol–water partition coefficient (Wildman–Crippen LogP) is 2.11. The van der Waals surface area contributed by atoms with Gasteiger partial charge in [-0.2, -0.15) is 0 Å². The summed E-state index contributed by atoms with van der Waals surface area (Å²) >= 11 is 0. The van der Waals surface area contributed by atoms with Crippen LogP contribution in [0.5, 0.6) is 0 Å². The molecule has 0 spiro atoms. The molecular formula is C10H19NO. The summed E-state index contributed by atoms with van der Waals surface area (Å²) in [5.41, 5.74) is 0.874. The summed E-state index contributed by atoms with van der Waals surface area (Å²) < 4.78 is 0. The van der Waals surface area contributed by atoms with Crippen LogP contribution in [-0.4, -0.2) is 12.5 Å². The van der Waals surface area contributed by atoms with Crippen molar-refractivity contribution in [3.8, 4) is 0 Å². The van der Waals surface area contributed by atoms with Crippen molar-refractivity contribution in [3.63, 3.8) is 0 Å². The lowest BCUT2D eigenvalue weighted by atomic mass is 9.94. The smallest absolute Gasteiger partial charge is 0.246 e. The number of hydrogen-bond donors (Lipinski definition) is 1. The Bertz CT molecular complexity index is 187. The summed E-state index contributed by atoms with van der Waals surface area (Å²) in [5, 5.41) is 2.76. The molecule has 1 amide bonds. The van der Waals surface area contributed by atoms with Crippen LogP contribution in [0.1, 0.15) is 34.6 Å². The van der Waals surface area contributed by atoms with Gasteiger partial charge in [-0.05, 0) is 19.3 Å². The van der Waals surface area contributed by atoms with Gasteiger partial charge in [0.2, 0.25) is 5.91 Å². The van der Waals surface area contributed by atoms with Crippen LogP contribution >= 0.6 is 0 Å². The maximum Gasteiger partial charge on any atom is 0.246 e. The van der Waals surface area contributed by atoms with E-state index in [-0.39, 0.29) is 11.3 Å². The monoisotopic (exact) mass is 169 g/mol. The van der Waals surface area contributed by atoms with Gasteiger partial charge in [0, 0.05) is 12.1 Å². The van der Waals surface area contributed by atoms with E-state index < -0.39 is 0 Å². The molecule has 1 N–H and O–H groups in total. The SMILES string of the molecule is CCNC(=O)/C(C)=C/C(C)(C)C. The zero-order chi connectivity index (χ0) is 9.78. The van der Waals surface area contributed by atoms with Gasteiger partial charge in [-0.3, -0.25) is 4.79 Å². The lowest BCUT2D eigenvalue weighted by Gasteiger charge is -2.13. The topological polar surface area (TPSA) is 29.1 Å². The van der Waals surface area contributed by atoms with Gasteiger partial charge >= 0.3 is 0 Å². The van der Waals surface area contributed by atoms with Gasteiger partial charge in [-0.15, -0.1) is 0 Å². The second kappa shape index (κ2) is 4.29. The average Bonchev–Trinajstić information content (AvgIpc) is 1.84. The van der Waals surface area contributed by atoms with Crippen LogP contribution in [0.2, 0.25) is 0 Å². The van der Waals surface area contributed by atoms with Crippen molar-refractivity contribution in [2.24, 2.45) is 5.41 Å². The maximum absolute atomic E-state index is 11.2. The van der Waals surface area contributed by atoms with Gasteiger partial charge in [-0.25, -0.2) is 0 Å². The summed E-state index contributed by atoms with van der Waals surface area (Å²) in [6.07, 6.45) is 1.98. The van der Waals surface area contributed by atoms with Crippen LogP contribution < -0.4 is 5.32 Å². The number of hydrogen-bond acceptors (Lipinski definition) is 1. The molecule has 0 radical (unpaired) electrons. The Morgan fingerprint density at radius 2 is 1.92 bits per heavy atom. The quantitative estimate of drug-likeness (QED) is 0.630. The predicted molar refractivity (Wildman–Crippen MR) is 51.9 cm³/mol. The largest absolute Gasteiger partial charge is 0.353 e. The second-order valence-corrected chi connectivity index (χ2v) is 4.05. The van der Waals surface area contributed by atoms with Crippen molar-refractivity contribution in [3.05, 3.63) is 11.6 Å². The standard InChI is InChI=1S/C10H19NO/c1-6-11-9(12)8(2)7-10(3,4)5/h7H,6H2,1-5H3,(H,11,12)/b8-7+. The molecule has 0 heterocycles. The number of rotatable bonds is 2. The highest BCUT2D eigenvalue weighted by Gasteiger charge is 2.09. The molecule has 0 aromatic heterocycles. The Hall–Kier alpha value is -0.790. The van der Waals surface area contributed by atoms with Crippen LogP contribution in [0.3, 0.4) is 0 Å². The first-order chi connectivity index (χ1) is 5.37. The third kappa shape index (κ3) is 4.94. The minimum absolute atomic E-state index is 0.0347. The highest BCUT2D eigenvalue weighted by Crippen LogP contribution is 2.17. The van der Waals surface area contributed by atoms with Crippen LogP contribution in [0.4, 0.5) is 0 Å². The molecule has 0 unspecified atom stereocenters. The minimum Gasteiger partial charge on any atom is -0.353 e. The van der Waals surface area contributed by atoms with Crippen LogP contribution in [0.25, 0.3) is 0 Å². The Morgan fingerprint density at radius 1 is 1.42 bits per heavy atom. The summed E-state index contributed by atoms with van der Waals surface area (Å²) in [5.74, 6) is 0.0347. The van der Waals surface area contributed by atoms with Crippen LogP contribution in [0.15, 0.2) is 11.6 Å². The van der Waals surface area contributed by atoms with Gasteiger partial charge in [-0.1, -0.05) is 26.8 Å². The van der Waals surface area contributed by atoms with E-state index in [1.54, 1.807) is 0 Å². The molecule has 0 saturated heterocycles. The molecule has 0 saturated carbocycles. The zero-order valence-electron chi connectivity index (χ0n) is 8.69. The van der Waals surface area contributed by atoms with Crippen molar-refractivity contribution in [2.45, 2.75) is 34.6 Å². The number of nitrogens with one attached hydrogen (secondary N) is 1. The van der Waals surface area contributed by atoms with Gasteiger partial charge in [0.15, 0.2) is 0 Å². The number of allylic oxidation sites excluding steroid dienone is 1. The van der Waals surface area contributed by atoms with Crippen molar-refractivity contribution in [1.82, 2.24) is 5.32 Å². The number of carbonyl (C=O) groups is 1. The highest BCUT2D eigenvalue weighted by atomic mass is 16.1. The minimum atomic E-state index is 0.0347. The molecule has 0 rings (SSSR count). The first-order valence-electron chi connectivity index (χ1n) is 4.34. The third-order valence-electron chi connectivity index (χ3n) is 1.35. The van der Waals surface area contributed by atoms with E-state index in [2.05, 4.69) is 26.1 Å². The summed E-state index contributed by atoms with van der Waals surface area (Å²) in [6.45, 7) is 10.7. The lowest BCUT2D eigenvalue weighted by Crippen LogP contribution is -2.24. The van der Waals surface area contributed by atoms with E-state index in [1.807, 2.05) is 19.9 Å². The van der Waals surface area contributed by atoms with Gasteiger partial charge < -0.3 is 5.32 Å². The molecule has 0 bridgehead atoms. The molecule has 0 aromatic carbocycles. The number of likely N-dealkylation sites (N-methyl/N-ethyl adjacent to an activating group) is 1. The van der Waals surface area contributed by atoms with Gasteiger partial charge in [0.1, 0.15) is 0 Å². The highest BCUT2D eigenvalue weighted by molar-refractivity contribution is 5.92. The molecule has 0 aromatic rings. The second-order valence-electron chi connectivity index (χ2n) is 4.05. The van der Waals surface area contributed by atoms with E-state index in [9.17, 15) is 4.79 Å². The number of amides is 1.